The number of carbonyl (C=O) groups excluding carboxylic acids is 1. The average molecular weight is 836 g/mol. The van der Waals surface area contributed by atoms with Gasteiger partial charge in [-0.2, -0.15) is 0 Å². The summed E-state index contributed by atoms with van der Waals surface area (Å²) in [4.78, 5) is 41.1. The number of benzene rings is 4. The number of ether oxygens (including phenoxy) is 2. The molecule has 4 aromatic heterocycles. The standard InChI is InChI=1S/C25H22N6O2.C24H23N5O/c1-16-11-20(7-9-24(16)33-21-13-27-17(2)28-14-21)31-25-22-12-19(5-4-10-26-18(3)32)6-8-23(22)29-15-30-25;1-16-12-19(7-10-23(16)30-20-8-5-17(2)26-14-20)29-24-21-13-18(4-3-11-25)6-9-22(21)27-15-28-24/h6-9,11-15H,10H2,1-3H3,(H,26,32)(H,29,30,31);3-10,12-15H,11,25H2,1-2H3,(H,27,28,29). The van der Waals surface area contributed by atoms with Crippen molar-refractivity contribution in [1.29, 1.82) is 0 Å². The van der Waals surface area contributed by atoms with Crippen molar-refractivity contribution in [2.24, 2.45) is 5.73 Å². The Balaban J connectivity index is 0.000000190. The van der Waals surface area contributed by atoms with Gasteiger partial charge in [-0.25, -0.2) is 29.9 Å². The highest BCUT2D eigenvalue weighted by Gasteiger charge is 2.10. The van der Waals surface area contributed by atoms with Gasteiger partial charge in [-0.15, -0.1) is 0 Å². The van der Waals surface area contributed by atoms with Crippen molar-refractivity contribution in [2.45, 2.75) is 34.6 Å². The summed E-state index contributed by atoms with van der Waals surface area (Å²) in [5.41, 5.74) is 13.8. The summed E-state index contributed by atoms with van der Waals surface area (Å²) in [6.45, 7) is 10.0. The van der Waals surface area contributed by atoms with E-state index in [0.29, 0.717) is 36.2 Å². The molecular formula is C49H45N11O3. The molecule has 0 unspecified atom stereocenters. The first kappa shape index (κ1) is 42.8. The van der Waals surface area contributed by atoms with Gasteiger partial charge in [-0.05, 0) is 123 Å². The minimum atomic E-state index is -0.110. The van der Waals surface area contributed by atoms with E-state index in [4.69, 9.17) is 15.2 Å². The van der Waals surface area contributed by atoms with Crippen LogP contribution in [0.3, 0.4) is 0 Å². The molecule has 0 spiro atoms. The highest BCUT2D eigenvalue weighted by Crippen LogP contribution is 2.32. The number of carbonyl (C=O) groups is 1. The minimum Gasteiger partial charge on any atom is -0.455 e. The summed E-state index contributed by atoms with van der Waals surface area (Å²) >= 11 is 0. The van der Waals surface area contributed by atoms with Crippen LogP contribution in [0.25, 0.3) is 27.9 Å². The molecule has 0 fully saturated rings. The predicted molar refractivity (Wildman–Crippen MR) is 248 cm³/mol. The van der Waals surface area contributed by atoms with Crippen molar-refractivity contribution in [2.75, 3.05) is 23.7 Å². The lowest BCUT2D eigenvalue weighted by atomic mass is 10.1. The molecule has 0 aliphatic heterocycles. The first-order valence-electron chi connectivity index (χ1n) is 20.0. The van der Waals surface area contributed by atoms with Crippen LogP contribution in [0.4, 0.5) is 23.0 Å². The van der Waals surface area contributed by atoms with E-state index in [1.54, 1.807) is 24.9 Å². The number of aromatic nitrogens is 7. The van der Waals surface area contributed by atoms with E-state index in [9.17, 15) is 4.79 Å². The molecule has 8 rings (SSSR count). The molecule has 14 heteroatoms. The number of pyridine rings is 1. The number of anilines is 4. The molecule has 4 aromatic carbocycles. The third-order valence-electron chi connectivity index (χ3n) is 9.37. The second kappa shape index (κ2) is 20.3. The molecule has 5 N–H and O–H groups in total. The van der Waals surface area contributed by atoms with E-state index in [1.807, 2.05) is 119 Å². The summed E-state index contributed by atoms with van der Waals surface area (Å²) in [6, 6.07) is 27.3. The molecule has 0 bridgehead atoms. The summed E-state index contributed by atoms with van der Waals surface area (Å²) in [5.74, 6) is 10.8. The Morgan fingerprint density at radius 3 is 1.86 bits per heavy atom. The average Bonchev–Trinajstić information content (AvgIpc) is 3.28. The van der Waals surface area contributed by atoms with Crippen molar-refractivity contribution < 1.29 is 14.3 Å². The summed E-state index contributed by atoms with van der Waals surface area (Å²) in [5, 5.41) is 11.2. The van der Waals surface area contributed by atoms with Crippen LogP contribution in [0.1, 0.15) is 40.7 Å². The Morgan fingerprint density at radius 1 is 0.667 bits per heavy atom. The highest BCUT2D eigenvalue weighted by molar-refractivity contribution is 5.93. The van der Waals surface area contributed by atoms with E-state index in [-0.39, 0.29) is 5.91 Å². The van der Waals surface area contributed by atoms with E-state index in [0.717, 1.165) is 78.4 Å². The van der Waals surface area contributed by atoms with Crippen LogP contribution in [-0.2, 0) is 4.79 Å². The van der Waals surface area contributed by atoms with E-state index in [2.05, 4.69) is 68.7 Å². The maximum Gasteiger partial charge on any atom is 0.217 e. The van der Waals surface area contributed by atoms with Crippen LogP contribution in [-0.4, -0.2) is 53.9 Å². The van der Waals surface area contributed by atoms with Crippen LogP contribution >= 0.6 is 0 Å². The number of rotatable bonds is 11. The van der Waals surface area contributed by atoms with Gasteiger partial charge in [0.15, 0.2) is 5.75 Å². The fraction of sp³-hybridized carbons (Fsp3) is 0.143. The molecular weight excluding hydrogens is 791 g/mol. The smallest absolute Gasteiger partial charge is 0.217 e. The van der Waals surface area contributed by atoms with E-state index >= 15 is 0 Å². The number of nitrogens with two attached hydrogens (primary N) is 1. The Labute approximate surface area is 365 Å². The number of nitrogens with one attached hydrogen (secondary N) is 3. The SMILES string of the molecule is CC(=O)NCC#Cc1ccc2ncnc(Nc3ccc(Oc4cnc(C)nc4)c(C)c3)c2c1.Cc1ccc(Oc2ccc(Nc3ncnc4ccc(C=CCN)cc34)cc2C)cn1. The van der Waals surface area contributed by atoms with Crippen LogP contribution in [0, 0.1) is 39.5 Å². The second-order valence-electron chi connectivity index (χ2n) is 14.3. The van der Waals surface area contributed by atoms with Crippen LogP contribution in [0.5, 0.6) is 23.0 Å². The quantitative estimate of drug-likeness (QED) is 0.0904. The number of aryl methyl sites for hydroxylation is 4. The van der Waals surface area contributed by atoms with Crippen LogP contribution < -0.4 is 31.2 Å². The molecule has 63 heavy (non-hydrogen) atoms. The third kappa shape index (κ3) is 11.7. The lowest BCUT2D eigenvalue weighted by molar-refractivity contribution is -0.118. The van der Waals surface area contributed by atoms with Crippen LogP contribution in [0.15, 0.2) is 122 Å². The Bertz CT molecular complexity index is 2980. The van der Waals surface area contributed by atoms with Crippen molar-refractivity contribution in [3.8, 4) is 34.8 Å². The van der Waals surface area contributed by atoms with Gasteiger partial charge < -0.3 is 31.2 Å². The van der Waals surface area contributed by atoms with Gasteiger partial charge in [0.05, 0.1) is 36.2 Å². The number of hydrogen-bond acceptors (Lipinski definition) is 13. The molecule has 4 heterocycles. The van der Waals surface area contributed by atoms with Gasteiger partial charge in [0.2, 0.25) is 5.91 Å². The van der Waals surface area contributed by atoms with Crippen molar-refractivity contribution in [3.05, 3.63) is 156 Å². The molecule has 0 aliphatic rings. The van der Waals surface area contributed by atoms with Crippen LogP contribution in [0.2, 0.25) is 0 Å². The maximum atomic E-state index is 11.0. The lowest BCUT2D eigenvalue weighted by Crippen LogP contribution is -2.19. The third-order valence-corrected chi connectivity index (χ3v) is 9.37. The Hall–Kier alpha value is -8.28. The van der Waals surface area contributed by atoms with Gasteiger partial charge in [-0.1, -0.05) is 30.1 Å². The molecule has 0 radical (unpaired) electrons. The largest absolute Gasteiger partial charge is 0.455 e. The van der Waals surface area contributed by atoms with E-state index < -0.39 is 0 Å². The molecule has 8 aromatic rings. The van der Waals surface area contributed by atoms with Gasteiger partial charge in [0.25, 0.3) is 0 Å². The molecule has 0 saturated carbocycles. The Morgan fingerprint density at radius 2 is 1.27 bits per heavy atom. The molecule has 314 valence electrons. The first-order chi connectivity index (χ1) is 30.6. The lowest BCUT2D eigenvalue weighted by Gasteiger charge is -2.12. The summed E-state index contributed by atoms with van der Waals surface area (Å²) in [7, 11) is 0. The van der Waals surface area contributed by atoms with E-state index in [1.165, 1.54) is 13.3 Å². The zero-order valence-corrected chi connectivity index (χ0v) is 35.5. The monoisotopic (exact) mass is 835 g/mol. The van der Waals surface area contributed by atoms with Crippen molar-refractivity contribution in [1.82, 2.24) is 40.2 Å². The Kier molecular flexibility index (Phi) is 13.8. The van der Waals surface area contributed by atoms with Gasteiger partial charge >= 0.3 is 0 Å². The maximum absolute atomic E-state index is 11.0. The molecule has 0 saturated heterocycles. The molecule has 14 nitrogen and oxygen atoms in total. The normalized spacial score (nSPS) is 10.7. The van der Waals surface area contributed by atoms with Gasteiger partial charge in [0, 0.05) is 46.9 Å². The first-order valence-corrected chi connectivity index (χ1v) is 20.0. The zero-order valence-electron chi connectivity index (χ0n) is 35.5. The number of amides is 1. The highest BCUT2D eigenvalue weighted by atomic mass is 16.5. The summed E-state index contributed by atoms with van der Waals surface area (Å²) < 4.78 is 11.9. The van der Waals surface area contributed by atoms with Crippen molar-refractivity contribution >= 4 is 56.8 Å². The summed E-state index contributed by atoms with van der Waals surface area (Å²) in [6.07, 6.45) is 12.0. The zero-order chi connectivity index (χ0) is 44.1. The van der Waals surface area contributed by atoms with Gasteiger partial charge in [0.1, 0.15) is 47.4 Å². The molecule has 1 amide bonds. The van der Waals surface area contributed by atoms with Gasteiger partial charge in [-0.3, -0.25) is 9.78 Å². The van der Waals surface area contributed by atoms with Crippen molar-refractivity contribution in [3.63, 3.8) is 0 Å². The number of hydrogen-bond donors (Lipinski definition) is 4. The number of nitrogens with zero attached hydrogens (tertiary/aromatic N) is 7. The minimum absolute atomic E-state index is 0.110. The number of fused-ring (bicyclic) bond motifs is 2. The fourth-order valence-corrected chi connectivity index (χ4v) is 6.19. The topological polar surface area (TPSA) is 188 Å². The molecule has 0 aliphatic carbocycles. The fourth-order valence-electron chi connectivity index (χ4n) is 6.19. The molecule has 0 atom stereocenters. The second-order valence-corrected chi connectivity index (χ2v) is 14.3. The predicted octanol–water partition coefficient (Wildman–Crippen LogP) is 9.21.